The molecule has 10 N–H and O–H groups in total. The predicted molar refractivity (Wildman–Crippen MR) is 181 cm³/mol. The zero-order valence-electron chi connectivity index (χ0n) is 29.4. The van der Waals surface area contributed by atoms with Crippen molar-refractivity contribution in [3.63, 3.8) is 0 Å². The van der Waals surface area contributed by atoms with Gasteiger partial charge in [-0.1, -0.05) is 27.6 Å². The summed E-state index contributed by atoms with van der Waals surface area (Å²) in [6, 6.07) is 7.39. The third-order valence-corrected chi connectivity index (χ3v) is 5.88. The van der Waals surface area contributed by atoms with Crippen LogP contribution in [0.15, 0.2) is 24.3 Å². The van der Waals surface area contributed by atoms with Gasteiger partial charge in [0.2, 0.25) is 0 Å². The second-order valence-corrected chi connectivity index (χ2v) is 11.2. The van der Waals surface area contributed by atoms with E-state index in [2.05, 4.69) is 62.4 Å². The van der Waals surface area contributed by atoms with Crippen LogP contribution in [0.5, 0.6) is 0 Å². The van der Waals surface area contributed by atoms with Gasteiger partial charge in [0.1, 0.15) is 1.41 Å². The van der Waals surface area contributed by atoms with Gasteiger partial charge in [0.05, 0.1) is 27.3 Å². The summed E-state index contributed by atoms with van der Waals surface area (Å²) in [5, 5.41) is 66.4. The van der Waals surface area contributed by atoms with Crippen LogP contribution in [-0.4, -0.2) is 92.8 Å². The van der Waals surface area contributed by atoms with Crippen LogP contribution in [-0.2, 0) is 72.4 Å². The van der Waals surface area contributed by atoms with Crippen molar-refractivity contribution in [2.24, 2.45) is 0 Å². The lowest BCUT2D eigenvalue weighted by atomic mass is 10.0. The van der Waals surface area contributed by atoms with Crippen molar-refractivity contribution in [3.05, 3.63) is 98.1 Å². The first-order valence-corrected chi connectivity index (χ1v) is 17.3. The van der Waals surface area contributed by atoms with Crippen molar-refractivity contribution in [2.75, 3.05) is 0 Å². The van der Waals surface area contributed by atoms with Gasteiger partial charge in [-0.15, -0.1) is 40.8 Å². The van der Waals surface area contributed by atoms with Crippen LogP contribution in [0, 0.1) is 82.0 Å². The molecule has 0 saturated heterocycles. The average molecular weight is 932 g/mol. The maximum atomic E-state index is 10.6. The molecule has 0 radical (unpaired) electrons. The highest BCUT2D eigenvalue weighted by atomic mass is 32.3. The molecule has 56 heavy (non-hydrogen) atoms. The lowest BCUT2D eigenvalue weighted by Gasteiger charge is -2.05. The number of hydrogen-bond acceptors (Lipinski definition) is 24. The summed E-state index contributed by atoms with van der Waals surface area (Å²) < 4.78 is 116. The van der Waals surface area contributed by atoms with E-state index in [1.165, 1.54) is 16.7 Å². The van der Waals surface area contributed by atoms with Crippen molar-refractivity contribution in [1.29, 1.82) is 0 Å². The van der Waals surface area contributed by atoms with Crippen LogP contribution < -0.4 is 6.14 Å². The number of benzene rings is 2. The third-order valence-electron chi connectivity index (χ3n) is 4.69. The summed E-state index contributed by atoms with van der Waals surface area (Å²) in [6.07, 6.45) is 3.75. The minimum absolute atomic E-state index is 0. The van der Waals surface area contributed by atoms with E-state index in [4.69, 9.17) is 86.0 Å². The first kappa shape index (κ1) is 63.2. The zero-order valence-corrected chi connectivity index (χ0v) is 32.5. The molecule has 2 aromatic carbocycles. The van der Waals surface area contributed by atoms with E-state index < -0.39 is 75.1 Å². The number of nitro groups is 2. The number of nitrogens with zero attached hydrogens (tertiary/aromatic N) is 4. The van der Waals surface area contributed by atoms with E-state index >= 15 is 0 Å². The SMILES string of the molecule is Cc1c([N+](=O)[O-])cc([N+](=O)[O-])c(C)c1C.Cc1cccc(C)c1C.O=S(=O)(O)O.O=S(=O)=O.O=S(OO)OS(=O)OOO.O=S([O-])O.O=[N+]([O-])O.O=[N+]([O-])O.[2HH].[3H]N. The molecule has 0 heterocycles. The molecule has 38 heteroatoms. The fourth-order valence-corrected chi connectivity index (χ4v) is 2.99. The Morgan fingerprint density at radius 1 is 0.714 bits per heavy atom. The van der Waals surface area contributed by atoms with Gasteiger partial charge in [-0.05, 0) is 63.8 Å². The van der Waals surface area contributed by atoms with E-state index in [0.29, 0.717) is 16.7 Å². The van der Waals surface area contributed by atoms with Crippen molar-refractivity contribution in [1.82, 2.24) is 6.14 Å². The summed E-state index contributed by atoms with van der Waals surface area (Å²) in [4.78, 5) is 36.8. The Kier molecular flexibility index (Phi) is 41.9. The van der Waals surface area contributed by atoms with E-state index in [0.717, 1.165) is 6.07 Å². The van der Waals surface area contributed by atoms with Crippen molar-refractivity contribution >= 4 is 66.5 Å². The molecule has 0 aliphatic rings. The molecule has 33 nitrogen and oxygen atoms in total. The quantitative estimate of drug-likeness (QED) is 0.0641. The Balaban J connectivity index is -0.0000000863. The topological polar surface area (TPSA) is 546 Å². The summed E-state index contributed by atoms with van der Waals surface area (Å²) in [5.41, 5.74) is 5.32. The molecule has 0 fully saturated rings. The fraction of sp³-hybridized carbons (Fsp3) is 0.333. The molecule has 2 aromatic rings. The number of rotatable bonds is 7. The van der Waals surface area contributed by atoms with Crippen LogP contribution in [0.25, 0.3) is 0 Å². The second kappa shape index (κ2) is 37.2. The maximum Gasteiger partial charge on any atom is 0.425 e. The fourth-order valence-electron chi connectivity index (χ4n) is 2.38. The van der Waals surface area contributed by atoms with Crippen LogP contribution in [0.2, 0.25) is 1.41 Å². The number of aryl methyl sites for hydroxylation is 2. The Morgan fingerprint density at radius 2 is 0.982 bits per heavy atom. The second-order valence-electron chi connectivity index (χ2n) is 7.86. The molecule has 0 bridgehead atoms. The van der Waals surface area contributed by atoms with Gasteiger partial charge < -0.3 is 25.7 Å². The molecule has 0 aliphatic carbocycles. The molecular weight excluding hydrogens is 895 g/mol. The maximum absolute atomic E-state index is 10.6. The molecular formula is C18H34N5O28S5-. The first-order chi connectivity index (χ1) is 25.7. The molecule has 0 spiro atoms. The van der Waals surface area contributed by atoms with Gasteiger partial charge in [0.25, 0.3) is 21.5 Å². The Morgan fingerprint density at radius 3 is 1.18 bits per heavy atom. The highest BCUT2D eigenvalue weighted by Crippen LogP contribution is 2.31. The first-order valence-electron chi connectivity index (χ1n) is 12.5. The largest absolute Gasteiger partial charge is 0.750 e. The summed E-state index contributed by atoms with van der Waals surface area (Å²) in [7, 11) is -7.78. The predicted octanol–water partition coefficient (Wildman–Crippen LogP) is 1.51. The molecule has 0 aromatic heterocycles. The minimum atomic E-state index is -4.67. The molecule has 2 rings (SSSR count). The molecule has 0 saturated carbocycles. The lowest BCUT2D eigenvalue weighted by molar-refractivity contribution is -0.742. The van der Waals surface area contributed by atoms with E-state index in [-0.39, 0.29) is 12.8 Å². The summed E-state index contributed by atoms with van der Waals surface area (Å²) in [5.74, 6) is 0. The standard InChI is InChI=1S/C9H10N2O4.C9H12.2HNO3.H3N.H2O8S2.H2O4S.H2O3S.O3S.H2/c1-5-6(2)8(10(12)13)4-9(7(5)3)11(14)15;1-7-5-4-6-8(2)9(7)3;2*2-1(3)4;;1-5-7-10(4)8-9(3)6-2;1-5(2,3)4;2*1-4(2)3;/h4H,1-3H3;4-6H,1-3H3;2*(H,2,3,4);1H3;1-2H;(H2,1,2,3,4);(H2,1,2,3);;1H/p-1/i;;;;;;;;;1+1/hT. The van der Waals surface area contributed by atoms with E-state index in [9.17, 15) is 28.6 Å². The van der Waals surface area contributed by atoms with E-state index in [1.807, 2.05) is 0 Å². The summed E-state index contributed by atoms with van der Waals surface area (Å²) in [6.45, 7) is 11.3. The Bertz CT molecular complexity index is 1710. The normalized spacial score (nSPS) is 10.8. The van der Waals surface area contributed by atoms with Gasteiger partial charge in [-0.25, -0.2) is 14.7 Å². The monoisotopic (exact) mass is 931 g/mol. The van der Waals surface area contributed by atoms with Gasteiger partial charge >= 0.3 is 43.7 Å². The minimum Gasteiger partial charge on any atom is -0.750 e. The lowest BCUT2D eigenvalue weighted by Crippen LogP contribution is -2.05. The highest BCUT2D eigenvalue weighted by molar-refractivity contribution is 7.88. The van der Waals surface area contributed by atoms with Crippen LogP contribution in [0.1, 0.15) is 34.8 Å². The van der Waals surface area contributed by atoms with Crippen LogP contribution in [0.3, 0.4) is 0 Å². The van der Waals surface area contributed by atoms with Gasteiger partial charge in [0.15, 0.2) is 0 Å². The molecule has 0 amide bonds. The molecule has 330 valence electrons. The van der Waals surface area contributed by atoms with Crippen molar-refractivity contribution in [3.8, 4) is 0 Å². The molecule has 0 aliphatic heterocycles. The molecule has 3 atom stereocenters. The van der Waals surface area contributed by atoms with E-state index in [1.54, 1.807) is 20.8 Å². The molecule has 3 unspecified atom stereocenters. The zero-order chi connectivity index (χ0) is 47.4. The highest BCUT2D eigenvalue weighted by Gasteiger charge is 2.23. The number of hydrogen-bond donors (Lipinski definition) is 8. The van der Waals surface area contributed by atoms with Crippen molar-refractivity contribution < 1.29 is 113 Å². The average Bonchev–Trinajstić information content (AvgIpc) is 3.02. The Labute approximate surface area is 324 Å². The van der Waals surface area contributed by atoms with Gasteiger partial charge in [0, 0.05) is 12.6 Å². The van der Waals surface area contributed by atoms with Gasteiger partial charge in [-0.2, -0.15) is 16.8 Å². The van der Waals surface area contributed by atoms with Gasteiger partial charge in [-0.3, -0.25) is 29.3 Å². The van der Waals surface area contributed by atoms with Crippen LogP contribution >= 0.6 is 0 Å². The third kappa shape index (κ3) is 53.6. The summed E-state index contributed by atoms with van der Waals surface area (Å²) >= 11 is -8.09. The van der Waals surface area contributed by atoms with Crippen LogP contribution in [0.4, 0.5) is 11.4 Å². The Hall–Kier alpha value is -4.78. The van der Waals surface area contributed by atoms with Crippen molar-refractivity contribution in [2.45, 2.75) is 41.5 Å². The number of nitro benzene ring substituents is 2. The smallest absolute Gasteiger partial charge is 0.425 e.